The van der Waals surface area contributed by atoms with Gasteiger partial charge in [0.05, 0.1) is 11.9 Å². The number of amides is 2. The van der Waals surface area contributed by atoms with E-state index >= 15 is 0 Å². The van der Waals surface area contributed by atoms with E-state index in [1.807, 2.05) is 24.3 Å². The summed E-state index contributed by atoms with van der Waals surface area (Å²) < 4.78 is 12.6. The van der Waals surface area contributed by atoms with Crippen molar-refractivity contribution in [3.63, 3.8) is 0 Å². The zero-order chi connectivity index (χ0) is 26.0. The monoisotopic (exact) mass is 511 g/mol. The van der Waals surface area contributed by atoms with Gasteiger partial charge in [-0.1, -0.05) is 51.6 Å². The van der Waals surface area contributed by atoms with Crippen LogP contribution in [0.3, 0.4) is 0 Å². The van der Waals surface area contributed by atoms with E-state index < -0.39 is 0 Å². The Balaban J connectivity index is 1.38. The molecule has 2 aromatic rings. The van der Waals surface area contributed by atoms with E-state index in [0.29, 0.717) is 18.8 Å². The van der Waals surface area contributed by atoms with Crippen LogP contribution in [-0.4, -0.2) is 33.7 Å². The zero-order valence-electron chi connectivity index (χ0n) is 21.8. The van der Waals surface area contributed by atoms with Crippen molar-refractivity contribution in [1.82, 2.24) is 5.32 Å². The molecule has 0 aromatic heterocycles. The van der Waals surface area contributed by atoms with Crippen LogP contribution in [0.5, 0.6) is 17.2 Å². The van der Waals surface area contributed by atoms with Gasteiger partial charge in [0, 0.05) is 23.1 Å². The van der Waals surface area contributed by atoms with Gasteiger partial charge >= 0.3 is 0 Å². The molecule has 36 heavy (non-hydrogen) atoms. The number of rotatable bonds is 9. The SMILES string of the molecule is CCC(C)c1cc2c(c(C(C)C)c1O)CCC(C)(CCOc1ccc(CC3SC(=O)NC3=O)cc1)O2. The predicted octanol–water partition coefficient (Wildman–Crippen LogP) is 6.48. The molecular formula is C29H37NO5S. The fraction of sp³-hybridized carbons (Fsp3) is 0.517. The van der Waals surface area contributed by atoms with Gasteiger partial charge < -0.3 is 14.6 Å². The van der Waals surface area contributed by atoms with Crippen molar-refractivity contribution in [1.29, 1.82) is 0 Å². The first-order valence-electron chi connectivity index (χ1n) is 12.9. The summed E-state index contributed by atoms with van der Waals surface area (Å²) in [5, 5.41) is 12.7. The van der Waals surface area contributed by atoms with E-state index in [-0.39, 0.29) is 33.8 Å². The van der Waals surface area contributed by atoms with E-state index in [9.17, 15) is 14.7 Å². The highest BCUT2D eigenvalue weighted by atomic mass is 32.2. The molecule has 7 heteroatoms. The first-order chi connectivity index (χ1) is 17.1. The molecule has 0 saturated carbocycles. The van der Waals surface area contributed by atoms with Crippen LogP contribution in [0.25, 0.3) is 0 Å². The number of benzene rings is 2. The number of nitrogens with one attached hydrogen (secondary N) is 1. The first-order valence-corrected chi connectivity index (χ1v) is 13.8. The average Bonchev–Trinajstić information content (AvgIpc) is 3.15. The van der Waals surface area contributed by atoms with Crippen LogP contribution < -0.4 is 14.8 Å². The minimum Gasteiger partial charge on any atom is -0.507 e. The minimum atomic E-state index is -0.366. The second kappa shape index (κ2) is 10.8. The molecule has 6 nitrogen and oxygen atoms in total. The van der Waals surface area contributed by atoms with E-state index in [4.69, 9.17) is 9.47 Å². The quantitative estimate of drug-likeness (QED) is 0.401. The molecule has 2 aliphatic heterocycles. The van der Waals surface area contributed by atoms with Crippen molar-refractivity contribution in [2.45, 2.75) is 89.4 Å². The zero-order valence-corrected chi connectivity index (χ0v) is 22.7. The number of carbonyl (C=O) groups is 2. The van der Waals surface area contributed by atoms with Gasteiger partial charge in [-0.25, -0.2) is 0 Å². The van der Waals surface area contributed by atoms with Gasteiger partial charge in [-0.2, -0.15) is 0 Å². The summed E-state index contributed by atoms with van der Waals surface area (Å²) in [4.78, 5) is 23.2. The summed E-state index contributed by atoms with van der Waals surface area (Å²) >= 11 is 1.05. The van der Waals surface area contributed by atoms with Gasteiger partial charge in [-0.05, 0) is 68.2 Å². The Bertz CT molecular complexity index is 1130. The molecule has 0 spiro atoms. The maximum atomic E-state index is 11.8. The molecule has 1 fully saturated rings. The van der Waals surface area contributed by atoms with E-state index in [1.54, 1.807) is 0 Å². The minimum absolute atomic E-state index is 0.223. The fourth-order valence-corrected chi connectivity index (χ4v) is 5.88. The molecule has 3 atom stereocenters. The molecule has 2 N–H and O–H groups in total. The van der Waals surface area contributed by atoms with Gasteiger partial charge in [0.2, 0.25) is 5.91 Å². The molecule has 2 aliphatic rings. The third kappa shape index (κ3) is 5.66. The van der Waals surface area contributed by atoms with Crippen molar-refractivity contribution >= 4 is 22.9 Å². The van der Waals surface area contributed by atoms with Crippen LogP contribution in [0.4, 0.5) is 4.79 Å². The Morgan fingerprint density at radius 1 is 1.22 bits per heavy atom. The van der Waals surface area contributed by atoms with Gasteiger partial charge in [0.1, 0.15) is 22.8 Å². The van der Waals surface area contributed by atoms with Gasteiger partial charge in [0.25, 0.3) is 5.24 Å². The van der Waals surface area contributed by atoms with E-state index in [0.717, 1.165) is 71.2 Å². The van der Waals surface area contributed by atoms with Gasteiger partial charge in [-0.15, -0.1) is 0 Å². The molecule has 3 unspecified atom stereocenters. The number of fused-ring (bicyclic) bond motifs is 1. The first kappa shape index (κ1) is 26.4. The van der Waals surface area contributed by atoms with Crippen LogP contribution in [0, 0.1) is 0 Å². The molecule has 2 aromatic carbocycles. The highest BCUT2D eigenvalue weighted by Crippen LogP contribution is 2.46. The molecule has 2 amide bonds. The number of phenolic OH excluding ortho intramolecular Hbond substituents is 1. The van der Waals surface area contributed by atoms with E-state index in [1.165, 1.54) is 0 Å². The van der Waals surface area contributed by atoms with Crippen LogP contribution in [0.1, 0.15) is 88.0 Å². The summed E-state index contributed by atoms with van der Waals surface area (Å²) in [6, 6.07) is 9.75. The molecule has 0 aliphatic carbocycles. The maximum Gasteiger partial charge on any atom is 0.286 e. The second-order valence-corrected chi connectivity index (χ2v) is 11.7. The number of carbonyl (C=O) groups excluding carboxylic acids is 2. The number of aromatic hydroxyl groups is 1. The normalized spacial score (nSPS) is 22.2. The summed E-state index contributed by atoms with van der Waals surface area (Å²) in [6.07, 6.45) is 3.95. The molecule has 0 radical (unpaired) electrons. The summed E-state index contributed by atoms with van der Waals surface area (Å²) in [6.45, 7) is 11.2. The fourth-order valence-electron chi connectivity index (χ4n) is 5.02. The number of imide groups is 1. The Kier molecular flexibility index (Phi) is 7.88. The molecular weight excluding hydrogens is 474 g/mol. The van der Waals surface area contributed by atoms with E-state index in [2.05, 4.69) is 46.0 Å². The number of ether oxygens (including phenoxy) is 2. The number of hydrogen-bond donors (Lipinski definition) is 2. The lowest BCUT2D eigenvalue weighted by Crippen LogP contribution is -2.38. The number of thioether (sulfide) groups is 1. The predicted molar refractivity (Wildman–Crippen MR) is 143 cm³/mol. The molecule has 1 saturated heterocycles. The highest BCUT2D eigenvalue weighted by Gasteiger charge is 2.35. The van der Waals surface area contributed by atoms with Gasteiger partial charge in [0.15, 0.2) is 0 Å². The standard InChI is InChI=1S/C29H37NO5S/c1-6-18(4)22-16-23-21(25(17(2)3)26(22)31)11-12-29(5,35-23)13-14-34-20-9-7-19(8-10-20)15-24-27(32)30-28(33)36-24/h7-10,16-18,24,31H,6,11-15H2,1-5H3,(H,30,32,33). The largest absolute Gasteiger partial charge is 0.507 e. The smallest absolute Gasteiger partial charge is 0.286 e. The van der Waals surface area contributed by atoms with Crippen LogP contribution in [-0.2, 0) is 17.6 Å². The summed E-state index contributed by atoms with van der Waals surface area (Å²) in [5.41, 5.74) is 3.78. The second-order valence-electron chi connectivity index (χ2n) is 10.6. The van der Waals surface area contributed by atoms with Crippen molar-refractivity contribution < 1.29 is 24.2 Å². The average molecular weight is 512 g/mol. The molecule has 194 valence electrons. The lowest BCUT2D eigenvalue weighted by atomic mass is 9.82. The molecule has 4 rings (SSSR count). The summed E-state index contributed by atoms with van der Waals surface area (Å²) in [5.74, 6) is 2.37. The van der Waals surface area contributed by atoms with Crippen LogP contribution in [0.2, 0.25) is 0 Å². The Morgan fingerprint density at radius 2 is 1.94 bits per heavy atom. The molecule has 0 bridgehead atoms. The lowest BCUT2D eigenvalue weighted by molar-refractivity contribution is -0.118. The topological polar surface area (TPSA) is 84.9 Å². The van der Waals surface area contributed by atoms with Crippen LogP contribution >= 0.6 is 11.8 Å². The third-order valence-electron chi connectivity index (χ3n) is 7.43. The van der Waals surface area contributed by atoms with Crippen LogP contribution in [0.15, 0.2) is 30.3 Å². The Hall–Kier alpha value is -2.67. The van der Waals surface area contributed by atoms with Crippen molar-refractivity contribution in [3.8, 4) is 17.2 Å². The summed E-state index contributed by atoms with van der Waals surface area (Å²) in [7, 11) is 0. The Labute approximate surface area is 218 Å². The maximum absolute atomic E-state index is 11.8. The van der Waals surface area contributed by atoms with Crippen molar-refractivity contribution in [3.05, 3.63) is 52.6 Å². The number of hydrogen-bond acceptors (Lipinski definition) is 6. The highest BCUT2D eigenvalue weighted by molar-refractivity contribution is 8.15. The van der Waals surface area contributed by atoms with Crippen molar-refractivity contribution in [2.75, 3.05) is 6.61 Å². The Morgan fingerprint density at radius 3 is 2.56 bits per heavy atom. The lowest BCUT2D eigenvalue weighted by Gasteiger charge is -2.38. The molecule has 2 heterocycles. The van der Waals surface area contributed by atoms with Crippen molar-refractivity contribution in [2.24, 2.45) is 0 Å². The third-order valence-corrected chi connectivity index (χ3v) is 8.41. The number of phenols is 1. The van der Waals surface area contributed by atoms with Gasteiger partial charge in [-0.3, -0.25) is 14.9 Å².